The fraction of sp³-hybridized carbons (Fsp3) is 0.190. The van der Waals surface area contributed by atoms with E-state index < -0.39 is 5.76 Å². The second-order valence-electron chi connectivity index (χ2n) is 6.98. The van der Waals surface area contributed by atoms with Crippen LogP contribution in [0.15, 0.2) is 57.7 Å². The molecule has 3 heterocycles. The molecule has 7 nitrogen and oxygen atoms in total. The van der Waals surface area contributed by atoms with E-state index in [0.29, 0.717) is 16.9 Å². The summed E-state index contributed by atoms with van der Waals surface area (Å²) >= 11 is 1.77. The second kappa shape index (κ2) is 6.97. The van der Waals surface area contributed by atoms with Crippen LogP contribution in [-0.2, 0) is 22.8 Å². The first-order valence-electron chi connectivity index (χ1n) is 9.24. The fourth-order valence-electron chi connectivity index (χ4n) is 3.49. The molecule has 4 aromatic rings. The van der Waals surface area contributed by atoms with Crippen LogP contribution in [-0.4, -0.2) is 20.3 Å². The van der Waals surface area contributed by atoms with Crippen molar-refractivity contribution in [2.75, 3.05) is 5.32 Å². The van der Waals surface area contributed by atoms with E-state index in [1.807, 2.05) is 37.3 Å². The summed E-state index contributed by atoms with van der Waals surface area (Å²) in [7, 11) is 0. The number of hydrogen-bond acceptors (Lipinski definition) is 5. The molecule has 2 aromatic heterocycles. The number of benzene rings is 2. The van der Waals surface area contributed by atoms with Gasteiger partial charge in [0.25, 0.3) is 0 Å². The molecule has 5 rings (SSSR count). The maximum absolute atomic E-state index is 12.9. The minimum Gasteiger partial charge on any atom is -0.408 e. The first kappa shape index (κ1) is 17.8. The smallest absolute Gasteiger partial charge is 0.408 e. The van der Waals surface area contributed by atoms with Crippen LogP contribution in [0.3, 0.4) is 0 Å². The third-order valence-electron chi connectivity index (χ3n) is 4.96. The van der Waals surface area contributed by atoms with E-state index in [2.05, 4.69) is 5.32 Å². The van der Waals surface area contributed by atoms with Crippen LogP contribution in [0.2, 0.25) is 0 Å². The zero-order valence-corrected chi connectivity index (χ0v) is 16.5. The normalized spacial score (nSPS) is 13.0. The Balaban J connectivity index is 1.48. The number of carbonyl (C=O) groups excluding carboxylic acids is 1. The zero-order chi connectivity index (χ0) is 20.0. The van der Waals surface area contributed by atoms with E-state index >= 15 is 0 Å². The van der Waals surface area contributed by atoms with Crippen molar-refractivity contribution in [1.29, 1.82) is 0 Å². The molecule has 0 spiro atoms. The van der Waals surface area contributed by atoms with Gasteiger partial charge in [0, 0.05) is 17.1 Å². The van der Waals surface area contributed by atoms with Crippen molar-refractivity contribution in [3.05, 3.63) is 75.9 Å². The molecule has 29 heavy (non-hydrogen) atoms. The number of anilines is 1. The Bertz CT molecular complexity index is 1280. The van der Waals surface area contributed by atoms with Crippen molar-refractivity contribution in [3.63, 3.8) is 0 Å². The Morgan fingerprint density at radius 2 is 1.97 bits per heavy atom. The lowest BCUT2D eigenvalue weighted by molar-refractivity contribution is -0.116. The number of amides is 1. The number of hydrogen-bond donors (Lipinski definition) is 1. The maximum atomic E-state index is 12.9. The van der Waals surface area contributed by atoms with Crippen LogP contribution >= 0.6 is 11.8 Å². The molecule has 0 atom stereocenters. The van der Waals surface area contributed by atoms with Gasteiger partial charge in [-0.05, 0) is 31.2 Å². The highest BCUT2D eigenvalue weighted by molar-refractivity contribution is 7.98. The van der Waals surface area contributed by atoms with E-state index in [1.54, 1.807) is 34.6 Å². The van der Waals surface area contributed by atoms with Gasteiger partial charge in [-0.3, -0.25) is 9.36 Å². The minimum atomic E-state index is -0.547. The molecule has 0 saturated carbocycles. The molecular formula is C21H18N4O3S. The third kappa shape index (κ3) is 3.15. The maximum Gasteiger partial charge on any atom is 0.420 e. The number of nitrogens with one attached hydrogen (secondary N) is 1. The van der Waals surface area contributed by atoms with Gasteiger partial charge < -0.3 is 9.73 Å². The molecule has 0 radical (unpaired) electrons. The number of aryl methyl sites for hydroxylation is 1. The average Bonchev–Trinajstić information content (AvgIpc) is 3.38. The van der Waals surface area contributed by atoms with E-state index in [4.69, 9.17) is 9.52 Å². The minimum absolute atomic E-state index is 0.128. The molecule has 1 amide bonds. The average molecular weight is 406 g/mol. The van der Waals surface area contributed by atoms with Crippen molar-refractivity contribution in [1.82, 2.24) is 14.3 Å². The van der Waals surface area contributed by atoms with Crippen molar-refractivity contribution in [2.45, 2.75) is 25.0 Å². The zero-order valence-electron chi connectivity index (χ0n) is 15.7. The number of aromatic nitrogens is 3. The summed E-state index contributed by atoms with van der Waals surface area (Å²) < 4.78 is 8.34. The lowest BCUT2D eigenvalue weighted by Gasteiger charge is -2.11. The van der Waals surface area contributed by atoms with Gasteiger partial charge in [-0.1, -0.05) is 29.8 Å². The summed E-state index contributed by atoms with van der Waals surface area (Å²) in [5.41, 5.74) is 5.12. The van der Waals surface area contributed by atoms with E-state index in [1.165, 1.54) is 4.57 Å². The summed E-state index contributed by atoms with van der Waals surface area (Å²) in [6, 6.07) is 15.1. The van der Waals surface area contributed by atoms with Crippen LogP contribution in [0.25, 0.3) is 16.8 Å². The number of rotatable bonds is 4. The largest absolute Gasteiger partial charge is 0.420 e. The molecule has 0 fully saturated rings. The second-order valence-corrected chi connectivity index (χ2v) is 7.97. The predicted molar refractivity (Wildman–Crippen MR) is 112 cm³/mol. The molecule has 1 aliphatic rings. The van der Waals surface area contributed by atoms with Gasteiger partial charge in [-0.2, -0.15) is 16.9 Å². The number of thioether (sulfide) groups is 1. The molecule has 2 aromatic carbocycles. The van der Waals surface area contributed by atoms with Crippen LogP contribution in [0.5, 0.6) is 0 Å². The van der Waals surface area contributed by atoms with Crippen molar-refractivity contribution in [3.8, 4) is 5.69 Å². The summed E-state index contributed by atoms with van der Waals surface area (Å²) in [6.45, 7) is 1.90. The first-order chi connectivity index (χ1) is 14.1. The summed E-state index contributed by atoms with van der Waals surface area (Å²) in [5, 5.41) is 7.68. The lowest BCUT2D eigenvalue weighted by Crippen LogP contribution is -2.26. The molecule has 0 unspecified atom stereocenters. The van der Waals surface area contributed by atoms with Gasteiger partial charge in [0.05, 0.1) is 16.9 Å². The van der Waals surface area contributed by atoms with Gasteiger partial charge in [0.15, 0.2) is 5.58 Å². The van der Waals surface area contributed by atoms with Gasteiger partial charge in [0.2, 0.25) is 5.91 Å². The summed E-state index contributed by atoms with van der Waals surface area (Å²) in [5.74, 6) is 1.44. The fourth-order valence-corrected chi connectivity index (χ4v) is 4.53. The van der Waals surface area contributed by atoms with Crippen LogP contribution in [0.4, 0.5) is 5.82 Å². The van der Waals surface area contributed by atoms with Gasteiger partial charge in [0.1, 0.15) is 12.4 Å². The van der Waals surface area contributed by atoms with Gasteiger partial charge >= 0.3 is 5.76 Å². The van der Waals surface area contributed by atoms with Crippen LogP contribution in [0, 0.1) is 6.92 Å². The highest BCUT2D eigenvalue weighted by Gasteiger charge is 2.25. The third-order valence-corrected chi connectivity index (χ3v) is 5.93. The summed E-state index contributed by atoms with van der Waals surface area (Å²) in [6.07, 6.45) is 0. The van der Waals surface area contributed by atoms with E-state index in [0.717, 1.165) is 34.0 Å². The standard InChI is InChI=1S/C21H18N4O3S/c1-13-6-8-14(9-7-13)25-20(15-11-29-12-16(15)23-25)22-19(26)10-24-17-4-2-3-5-18(17)28-21(24)27/h2-9H,10-12H2,1H3,(H,22,26). The Morgan fingerprint density at radius 1 is 1.17 bits per heavy atom. The molecule has 0 saturated heterocycles. The van der Waals surface area contributed by atoms with Crippen molar-refractivity contribution in [2.24, 2.45) is 0 Å². The Morgan fingerprint density at radius 3 is 2.79 bits per heavy atom. The SMILES string of the molecule is Cc1ccc(-n2nc3c(c2NC(=O)Cn2c(=O)oc4ccccc42)CSC3)cc1. The molecule has 8 heteroatoms. The number of para-hydroxylation sites is 2. The molecule has 1 N–H and O–H groups in total. The Hall–Kier alpha value is -3.26. The van der Waals surface area contributed by atoms with E-state index in [9.17, 15) is 9.59 Å². The molecule has 146 valence electrons. The van der Waals surface area contributed by atoms with E-state index in [-0.39, 0.29) is 12.5 Å². The van der Waals surface area contributed by atoms with Crippen molar-refractivity contribution >= 4 is 34.6 Å². The van der Waals surface area contributed by atoms with Crippen LogP contribution in [0.1, 0.15) is 16.8 Å². The quantitative estimate of drug-likeness (QED) is 0.561. The van der Waals surface area contributed by atoms with Crippen LogP contribution < -0.4 is 11.1 Å². The summed E-state index contributed by atoms with van der Waals surface area (Å²) in [4.78, 5) is 25.0. The van der Waals surface area contributed by atoms with Crippen molar-refractivity contribution < 1.29 is 9.21 Å². The monoisotopic (exact) mass is 406 g/mol. The van der Waals surface area contributed by atoms with Gasteiger partial charge in [-0.25, -0.2) is 9.48 Å². The molecular weight excluding hydrogens is 388 g/mol. The predicted octanol–water partition coefficient (Wildman–Crippen LogP) is 3.47. The topological polar surface area (TPSA) is 82.1 Å². The van der Waals surface area contributed by atoms with Gasteiger partial charge in [-0.15, -0.1) is 0 Å². The first-order valence-corrected chi connectivity index (χ1v) is 10.4. The number of fused-ring (bicyclic) bond motifs is 2. The Labute approximate surface area is 170 Å². The molecule has 0 aliphatic carbocycles. The molecule has 0 bridgehead atoms. The highest BCUT2D eigenvalue weighted by atomic mass is 32.2. The number of carbonyl (C=O) groups is 1. The Kier molecular flexibility index (Phi) is 4.28. The molecule has 1 aliphatic heterocycles. The highest BCUT2D eigenvalue weighted by Crippen LogP contribution is 2.36. The lowest BCUT2D eigenvalue weighted by atomic mass is 10.2. The number of nitrogens with zero attached hydrogens (tertiary/aromatic N) is 3. The number of oxazole rings is 1.